The third-order valence-electron chi connectivity index (χ3n) is 7.30. The SMILES string of the molecule is C=CCCC(NC(=O)[C@@H]1[C@H]2[C@@H](CN1C(=O)[C@@H](NC(=O)OC(C)(C)C)C(C)(C)C)C2(C)C)C(=O)C(=O)OCC. The summed E-state index contributed by atoms with van der Waals surface area (Å²) in [4.78, 5) is 66.5. The lowest BCUT2D eigenvalue weighted by atomic mass is 9.85. The van der Waals surface area contributed by atoms with Crippen molar-refractivity contribution in [2.24, 2.45) is 22.7 Å². The van der Waals surface area contributed by atoms with E-state index in [4.69, 9.17) is 9.47 Å². The fourth-order valence-corrected chi connectivity index (χ4v) is 5.21. The molecule has 0 bridgehead atoms. The molecule has 1 aliphatic carbocycles. The third kappa shape index (κ3) is 7.14. The van der Waals surface area contributed by atoms with Gasteiger partial charge in [0.2, 0.25) is 11.8 Å². The van der Waals surface area contributed by atoms with Gasteiger partial charge in [-0.25, -0.2) is 9.59 Å². The van der Waals surface area contributed by atoms with Crippen LogP contribution in [0.3, 0.4) is 0 Å². The van der Waals surface area contributed by atoms with Gasteiger partial charge in [0.15, 0.2) is 0 Å². The average Bonchev–Trinajstić information content (AvgIpc) is 3.11. The van der Waals surface area contributed by atoms with E-state index < -0.39 is 58.8 Å². The second-order valence-electron chi connectivity index (χ2n) is 12.8. The molecule has 2 aliphatic rings. The topological polar surface area (TPSA) is 131 Å². The number of Topliss-reactive ketones (excluding diaryl/α,β-unsaturated/α-hetero) is 1. The Morgan fingerprint density at radius 2 is 1.68 bits per heavy atom. The zero-order valence-electron chi connectivity index (χ0n) is 24.3. The van der Waals surface area contributed by atoms with Crippen LogP contribution in [0.4, 0.5) is 4.79 Å². The Balaban J connectivity index is 2.33. The van der Waals surface area contributed by atoms with E-state index in [2.05, 4.69) is 17.2 Å². The number of carbonyl (C=O) groups is 5. The maximum absolute atomic E-state index is 13.9. The first kappa shape index (κ1) is 31.3. The Kier molecular flexibility index (Phi) is 9.44. The van der Waals surface area contributed by atoms with E-state index in [0.29, 0.717) is 13.0 Å². The normalized spacial score (nSPS) is 23.4. The molecule has 0 aromatic carbocycles. The van der Waals surface area contributed by atoms with E-state index in [9.17, 15) is 24.0 Å². The number of rotatable bonds is 10. The van der Waals surface area contributed by atoms with Crippen LogP contribution in [0.15, 0.2) is 12.7 Å². The highest BCUT2D eigenvalue weighted by molar-refractivity contribution is 6.36. The first-order chi connectivity index (χ1) is 17.4. The summed E-state index contributed by atoms with van der Waals surface area (Å²) in [5.41, 5.74) is -1.59. The summed E-state index contributed by atoms with van der Waals surface area (Å²) >= 11 is 0. The highest BCUT2D eigenvalue weighted by atomic mass is 16.6. The molecular formula is C28H45N3O7. The number of esters is 1. The van der Waals surface area contributed by atoms with Crippen molar-refractivity contribution in [3.8, 4) is 0 Å². The molecule has 1 saturated heterocycles. The maximum atomic E-state index is 13.9. The van der Waals surface area contributed by atoms with Gasteiger partial charge in [0.05, 0.1) is 12.6 Å². The molecule has 0 spiro atoms. The number of hydrogen-bond donors (Lipinski definition) is 2. The first-order valence-corrected chi connectivity index (χ1v) is 13.3. The molecule has 1 saturated carbocycles. The second kappa shape index (κ2) is 11.5. The van der Waals surface area contributed by atoms with Crippen LogP contribution in [0.5, 0.6) is 0 Å². The number of allylic oxidation sites excluding steroid dienone is 1. The maximum Gasteiger partial charge on any atom is 0.408 e. The van der Waals surface area contributed by atoms with Crippen LogP contribution in [-0.4, -0.2) is 71.4 Å². The monoisotopic (exact) mass is 535 g/mol. The third-order valence-corrected chi connectivity index (χ3v) is 7.30. The van der Waals surface area contributed by atoms with Crippen LogP contribution in [0, 0.1) is 22.7 Å². The van der Waals surface area contributed by atoms with Gasteiger partial charge < -0.3 is 25.0 Å². The number of fused-ring (bicyclic) bond motifs is 1. The largest absolute Gasteiger partial charge is 0.460 e. The summed E-state index contributed by atoms with van der Waals surface area (Å²) in [5, 5.41) is 5.42. The molecule has 214 valence electrons. The summed E-state index contributed by atoms with van der Waals surface area (Å²) < 4.78 is 10.2. The molecule has 1 unspecified atom stereocenters. The summed E-state index contributed by atoms with van der Waals surface area (Å²) in [6.07, 6.45) is 1.45. The van der Waals surface area contributed by atoms with E-state index in [1.807, 2.05) is 34.6 Å². The zero-order chi connectivity index (χ0) is 29.2. The Labute approximate surface area is 226 Å². The van der Waals surface area contributed by atoms with Crippen molar-refractivity contribution in [3.05, 3.63) is 12.7 Å². The number of carbonyl (C=O) groups excluding carboxylic acids is 5. The number of hydrogen-bond acceptors (Lipinski definition) is 7. The minimum Gasteiger partial charge on any atom is -0.460 e. The Bertz CT molecular complexity index is 960. The van der Waals surface area contributed by atoms with Crippen LogP contribution in [0.1, 0.15) is 75.2 Å². The minimum atomic E-state index is -1.10. The molecule has 2 rings (SSSR count). The molecule has 1 heterocycles. The lowest BCUT2D eigenvalue weighted by Crippen LogP contribution is -2.60. The predicted octanol–water partition coefficient (Wildman–Crippen LogP) is 2.99. The fourth-order valence-electron chi connectivity index (χ4n) is 5.21. The van der Waals surface area contributed by atoms with E-state index in [0.717, 1.165) is 0 Å². The summed E-state index contributed by atoms with van der Waals surface area (Å²) in [6, 6.07) is -2.91. The molecule has 0 aromatic heterocycles. The van der Waals surface area contributed by atoms with Crippen LogP contribution in [0.25, 0.3) is 0 Å². The lowest BCUT2D eigenvalue weighted by molar-refractivity contribution is -0.155. The Hall–Kier alpha value is -2.91. The minimum absolute atomic E-state index is 0.0361. The number of amides is 3. The van der Waals surface area contributed by atoms with Crippen molar-refractivity contribution in [3.63, 3.8) is 0 Å². The molecule has 5 atom stereocenters. The van der Waals surface area contributed by atoms with Gasteiger partial charge >= 0.3 is 12.1 Å². The molecule has 0 radical (unpaired) electrons. The van der Waals surface area contributed by atoms with Crippen molar-refractivity contribution < 1.29 is 33.4 Å². The van der Waals surface area contributed by atoms with Gasteiger partial charge in [0.1, 0.15) is 17.7 Å². The molecular weight excluding hydrogens is 490 g/mol. The molecule has 10 heteroatoms. The lowest BCUT2D eigenvalue weighted by Gasteiger charge is -2.38. The predicted molar refractivity (Wildman–Crippen MR) is 142 cm³/mol. The van der Waals surface area contributed by atoms with Crippen LogP contribution in [-0.2, 0) is 28.7 Å². The van der Waals surface area contributed by atoms with Gasteiger partial charge in [-0.2, -0.15) is 0 Å². The zero-order valence-corrected chi connectivity index (χ0v) is 24.3. The summed E-state index contributed by atoms with van der Waals surface area (Å²) in [7, 11) is 0. The van der Waals surface area contributed by atoms with E-state index in [1.165, 1.54) is 4.90 Å². The number of nitrogens with zero attached hydrogens (tertiary/aromatic N) is 1. The van der Waals surface area contributed by atoms with Crippen molar-refractivity contribution >= 4 is 29.7 Å². The smallest absolute Gasteiger partial charge is 0.408 e. The van der Waals surface area contributed by atoms with Crippen molar-refractivity contribution in [2.75, 3.05) is 13.2 Å². The molecule has 0 aromatic rings. The van der Waals surface area contributed by atoms with Crippen molar-refractivity contribution in [1.82, 2.24) is 15.5 Å². The van der Waals surface area contributed by atoms with Crippen molar-refractivity contribution in [2.45, 2.75) is 98.9 Å². The van der Waals surface area contributed by atoms with E-state index in [1.54, 1.807) is 33.8 Å². The van der Waals surface area contributed by atoms with Gasteiger partial charge in [0.25, 0.3) is 5.78 Å². The van der Waals surface area contributed by atoms with Gasteiger partial charge in [-0.05, 0) is 63.2 Å². The van der Waals surface area contributed by atoms with E-state index >= 15 is 0 Å². The molecule has 2 fully saturated rings. The molecule has 3 amide bonds. The second-order valence-corrected chi connectivity index (χ2v) is 12.8. The summed E-state index contributed by atoms with van der Waals surface area (Å²) in [6.45, 7) is 20.4. The van der Waals surface area contributed by atoms with E-state index in [-0.39, 0.29) is 30.3 Å². The molecule has 10 nitrogen and oxygen atoms in total. The number of nitrogens with one attached hydrogen (secondary N) is 2. The van der Waals surface area contributed by atoms with Gasteiger partial charge in [0, 0.05) is 6.54 Å². The summed E-state index contributed by atoms with van der Waals surface area (Å²) in [5.74, 6) is -2.79. The average molecular weight is 536 g/mol. The van der Waals surface area contributed by atoms with Crippen LogP contribution in [0.2, 0.25) is 0 Å². The van der Waals surface area contributed by atoms with Gasteiger partial charge in [-0.3, -0.25) is 14.4 Å². The quantitative estimate of drug-likeness (QED) is 0.250. The fraction of sp³-hybridized carbons (Fsp3) is 0.750. The van der Waals surface area contributed by atoms with Crippen LogP contribution < -0.4 is 10.6 Å². The number of likely N-dealkylation sites (tertiary alicyclic amines) is 1. The van der Waals surface area contributed by atoms with Crippen LogP contribution >= 0.6 is 0 Å². The van der Waals surface area contributed by atoms with Gasteiger partial charge in [-0.1, -0.05) is 40.7 Å². The highest BCUT2D eigenvalue weighted by Crippen LogP contribution is 2.65. The Morgan fingerprint density at radius 1 is 1.08 bits per heavy atom. The van der Waals surface area contributed by atoms with Gasteiger partial charge in [-0.15, -0.1) is 6.58 Å². The Morgan fingerprint density at radius 3 is 2.18 bits per heavy atom. The molecule has 2 N–H and O–H groups in total. The first-order valence-electron chi connectivity index (χ1n) is 13.3. The van der Waals surface area contributed by atoms with Crippen molar-refractivity contribution in [1.29, 1.82) is 0 Å². The highest BCUT2D eigenvalue weighted by Gasteiger charge is 2.70. The number of ether oxygens (including phenoxy) is 2. The standard InChI is InChI=1S/C28H45N3O7/c1-11-13-14-17(20(32)24(35)37-12-2)29-22(33)19-18-16(28(18,9)10)15-31(19)23(34)21(26(3,4)5)30-25(36)38-27(6,7)8/h11,16-19,21H,1,12-15H2,2-10H3,(H,29,33)(H,30,36)/t16-,17?,18-,19+,21-/m1/s1. The number of piperidine rings is 1. The molecule has 1 aliphatic heterocycles. The molecule has 38 heavy (non-hydrogen) atoms. The number of ketones is 1. The number of alkyl carbamates (subject to hydrolysis) is 1.